The fraction of sp³-hybridized carbons (Fsp3) is 0.414. The SMILES string of the molecule is CB(I)OC(=O)c1cn(C2CC2)c2c(OC(F)F)c(-c3ccc4c(c3)CN(C(=O)OC(C)(C)C)CC4)ccc2c1=O. The standard InChI is InChI=1S/C29H30BF2IN2O6/c1-29(2,3)40-28(38)34-12-11-16-5-6-17(13-18(16)14-34)20-9-10-21-23(25(20)39-27(31)32)35(19-7-8-19)15-22(24(21)36)26(37)41-30(4)33/h5-6,9-10,13,15,19,27H,7-8,11-12,14H2,1-4H3. The van der Waals surface area contributed by atoms with Crippen LogP contribution in [0.15, 0.2) is 41.3 Å². The van der Waals surface area contributed by atoms with E-state index in [1.807, 2.05) is 61.3 Å². The van der Waals surface area contributed by atoms with Crippen LogP contribution in [0, 0.1) is 0 Å². The summed E-state index contributed by atoms with van der Waals surface area (Å²) in [5.41, 5.74) is 1.71. The number of carbonyl (C=O) groups excluding carboxylic acids is 2. The molecule has 2 aromatic carbocycles. The quantitative estimate of drug-likeness (QED) is 0.216. The van der Waals surface area contributed by atoms with E-state index in [2.05, 4.69) is 0 Å². The van der Waals surface area contributed by atoms with E-state index in [0.717, 1.165) is 24.0 Å². The zero-order valence-corrected chi connectivity index (χ0v) is 25.4. The van der Waals surface area contributed by atoms with Crippen LogP contribution in [-0.2, 0) is 22.4 Å². The molecule has 216 valence electrons. The number of hydrogen-bond acceptors (Lipinski definition) is 6. The lowest BCUT2D eigenvalue weighted by molar-refractivity contribution is -0.0486. The van der Waals surface area contributed by atoms with Crippen LogP contribution in [0.5, 0.6) is 5.75 Å². The third kappa shape index (κ3) is 6.36. The van der Waals surface area contributed by atoms with Gasteiger partial charge in [-0.25, -0.2) is 9.59 Å². The molecule has 2 heterocycles. The molecule has 0 N–H and O–H groups in total. The maximum Gasteiger partial charge on any atom is 0.429 e. The van der Waals surface area contributed by atoms with Gasteiger partial charge in [0.2, 0.25) is 5.43 Å². The number of alkyl halides is 2. The van der Waals surface area contributed by atoms with Crippen LogP contribution in [0.4, 0.5) is 13.6 Å². The summed E-state index contributed by atoms with van der Waals surface area (Å²) in [5.74, 6) is -0.902. The second-order valence-electron chi connectivity index (χ2n) is 11.3. The molecule has 3 aromatic rings. The Morgan fingerprint density at radius 3 is 2.49 bits per heavy atom. The van der Waals surface area contributed by atoms with Crippen molar-refractivity contribution in [2.75, 3.05) is 6.54 Å². The Kier molecular flexibility index (Phi) is 8.06. The minimum absolute atomic E-state index is 0.0668. The molecule has 12 heteroatoms. The maximum absolute atomic E-state index is 13.9. The number of amides is 1. The lowest BCUT2D eigenvalue weighted by atomic mass is 9.93. The van der Waals surface area contributed by atoms with Crippen molar-refractivity contribution in [3.05, 3.63) is 63.4 Å². The fourth-order valence-electron chi connectivity index (χ4n) is 5.06. The van der Waals surface area contributed by atoms with Crippen molar-refractivity contribution < 1.29 is 32.5 Å². The third-order valence-corrected chi connectivity index (χ3v) is 7.22. The first-order valence-corrected chi connectivity index (χ1v) is 14.7. The predicted octanol–water partition coefficient (Wildman–Crippen LogP) is 6.61. The van der Waals surface area contributed by atoms with Crippen LogP contribution < -0.4 is 10.2 Å². The molecular formula is C29H30BF2IN2O6. The second kappa shape index (κ2) is 11.3. The second-order valence-corrected chi connectivity index (χ2v) is 13.1. The highest BCUT2D eigenvalue weighted by Gasteiger charge is 2.31. The van der Waals surface area contributed by atoms with Gasteiger partial charge >= 0.3 is 23.4 Å². The largest absolute Gasteiger partial charge is 0.522 e. The van der Waals surface area contributed by atoms with E-state index in [9.17, 15) is 23.2 Å². The summed E-state index contributed by atoms with van der Waals surface area (Å²) in [6, 6.07) is 8.65. The van der Waals surface area contributed by atoms with Crippen LogP contribution in [0.3, 0.4) is 0 Å². The van der Waals surface area contributed by atoms with Crippen LogP contribution in [0.25, 0.3) is 22.0 Å². The van der Waals surface area contributed by atoms with Crippen molar-refractivity contribution in [1.82, 2.24) is 9.47 Å². The van der Waals surface area contributed by atoms with Crippen LogP contribution in [0.1, 0.15) is 61.1 Å². The number of ether oxygens (including phenoxy) is 2. The number of fused-ring (bicyclic) bond motifs is 2. The van der Waals surface area contributed by atoms with E-state index in [1.54, 1.807) is 28.4 Å². The summed E-state index contributed by atoms with van der Waals surface area (Å²) < 4.78 is 44.8. The molecule has 2 aliphatic rings. The van der Waals surface area contributed by atoms with E-state index in [0.29, 0.717) is 30.6 Å². The number of hydrogen-bond donors (Lipinski definition) is 0. The topological polar surface area (TPSA) is 87.1 Å². The van der Waals surface area contributed by atoms with E-state index in [-0.39, 0.29) is 28.3 Å². The van der Waals surface area contributed by atoms with Gasteiger partial charge in [0.05, 0.1) is 10.9 Å². The molecule has 8 nitrogen and oxygen atoms in total. The number of benzene rings is 2. The molecule has 1 fully saturated rings. The Hall–Kier alpha value is -3.16. The summed E-state index contributed by atoms with van der Waals surface area (Å²) in [6.07, 6.45) is 3.15. The number of pyridine rings is 1. The number of halogens is 3. The maximum atomic E-state index is 13.9. The lowest BCUT2D eigenvalue weighted by Gasteiger charge is -2.31. The Balaban J connectivity index is 1.62. The van der Waals surface area contributed by atoms with Crippen molar-refractivity contribution in [2.45, 2.75) is 71.7 Å². The summed E-state index contributed by atoms with van der Waals surface area (Å²) in [4.78, 5) is 40.5. The molecular weight excluding hydrogens is 648 g/mol. The Morgan fingerprint density at radius 1 is 1.12 bits per heavy atom. The Morgan fingerprint density at radius 2 is 1.85 bits per heavy atom. The van der Waals surface area contributed by atoms with Crippen molar-refractivity contribution in [3.8, 4) is 16.9 Å². The third-order valence-electron chi connectivity index (χ3n) is 6.96. The molecule has 1 amide bonds. The minimum atomic E-state index is -3.15. The first-order chi connectivity index (χ1) is 19.3. The zero-order valence-electron chi connectivity index (χ0n) is 23.2. The van der Waals surface area contributed by atoms with Gasteiger partial charge in [0, 0.05) is 30.9 Å². The fourth-order valence-corrected chi connectivity index (χ4v) is 5.29. The highest BCUT2D eigenvalue weighted by Crippen LogP contribution is 2.43. The molecule has 0 radical (unpaired) electrons. The van der Waals surface area contributed by atoms with E-state index in [1.165, 1.54) is 6.20 Å². The van der Waals surface area contributed by atoms with E-state index in [4.69, 9.17) is 14.1 Å². The van der Waals surface area contributed by atoms with Crippen LogP contribution >= 0.6 is 22.4 Å². The van der Waals surface area contributed by atoms with Crippen LogP contribution in [-0.4, -0.2) is 45.1 Å². The number of rotatable bonds is 6. The summed E-state index contributed by atoms with van der Waals surface area (Å²) in [5, 5.41) is 0.0981. The molecule has 41 heavy (non-hydrogen) atoms. The summed E-state index contributed by atoms with van der Waals surface area (Å²) >= 11 is 1.92. The normalized spacial score (nSPS) is 15.1. The van der Waals surface area contributed by atoms with Crippen molar-refractivity contribution >= 4 is 50.1 Å². The van der Waals surface area contributed by atoms with Gasteiger partial charge in [0.1, 0.15) is 11.2 Å². The highest BCUT2D eigenvalue weighted by atomic mass is 127. The van der Waals surface area contributed by atoms with Gasteiger partial charge in [-0.05, 0) is 81.7 Å². The molecule has 0 spiro atoms. The average molecular weight is 678 g/mol. The average Bonchev–Trinajstić information content (AvgIpc) is 3.72. The van der Waals surface area contributed by atoms with Gasteiger partial charge in [-0.1, -0.05) is 34.5 Å². The van der Waals surface area contributed by atoms with Crippen LogP contribution in [0.2, 0.25) is 6.82 Å². The molecule has 0 bridgehead atoms. The molecule has 1 aliphatic carbocycles. The van der Waals surface area contributed by atoms with Crippen molar-refractivity contribution in [1.29, 1.82) is 0 Å². The molecule has 0 unspecified atom stereocenters. The molecule has 5 rings (SSSR count). The number of carbonyl (C=O) groups is 2. The lowest BCUT2D eigenvalue weighted by Crippen LogP contribution is -2.39. The first kappa shape index (κ1) is 29.3. The van der Waals surface area contributed by atoms with E-state index >= 15 is 0 Å². The smallest absolute Gasteiger partial charge is 0.429 e. The number of aromatic nitrogens is 1. The monoisotopic (exact) mass is 678 g/mol. The van der Waals surface area contributed by atoms with Crippen molar-refractivity contribution in [3.63, 3.8) is 0 Å². The van der Waals surface area contributed by atoms with Gasteiger partial charge in [-0.2, -0.15) is 8.78 Å². The predicted molar refractivity (Wildman–Crippen MR) is 160 cm³/mol. The van der Waals surface area contributed by atoms with E-state index < -0.39 is 34.5 Å². The molecule has 1 saturated carbocycles. The molecule has 1 aliphatic heterocycles. The van der Waals surface area contributed by atoms with Gasteiger partial charge in [0.25, 0.3) is 0 Å². The Labute approximate surface area is 249 Å². The Bertz CT molecular complexity index is 1580. The minimum Gasteiger partial charge on any atom is -0.522 e. The number of nitrogens with zero attached hydrogens (tertiary/aromatic N) is 2. The molecule has 0 atom stereocenters. The molecule has 0 saturated heterocycles. The summed E-state index contributed by atoms with van der Waals surface area (Å²) in [7, 11) is 0. The molecule has 1 aromatic heterocycles. The first-order valence-electron chi connectivity index (χ1n) is 13.4. The van der Waals surface area contributed by atoms with Crippen molar-refractivity contribution in [2.24, 2.45) is 0 Å². The highest BCUT2D eigenvalue weighted by molar-refractivity contribution is 14.1. The van der Waals surface area contributed by atoms with Gasteiger partial charge < -0.3 is 23.6 Å². The van der Waals surface area contributed by atoms with Gasteiger partial charge in [-0.15, -0.1) is 0 Å². The summed E-state index contributed by atoms with van der Waals surface area (Å²) in [6.45, 7) is 4.76. The van der Waals surface area contributed by atoms with Gasteiger partial charge in [-0.3, -0.25) is 4.79 Å². The zero-order chi connectivity index (χ0) is 29.6. The van der Waals surface area contributed by atoms with Gasteiger partial charge in [0.15, 0.2) is 5.75 Å².